The first-order chi connectivity index (χ1) is 13.1. The van der Waals surface area contributed by atoms with E-state index in [4.69, 9.17) is 4.74 Å². The van der Waals surface area contributed by atoms with Gasteiger partial charge >= 0.3 is 0 Å². The lowest BCUT2D eigenvalue weighted by Gasteiger charge is -2.33. The predicted molar refractivity (Wildman–Crippen MR) is 98.7 cm³/mol. The summed E-state index contributed by atoms with van der Waals surface area (Å²) in [5.41, 5.74) is 2.30. The number of hydrogen-bond acceptors (Lipinski definition) is 3. The fourth-order valence-corrected chi connectivity index (χ4v) is 3.27. The van der Waals surface area contributed by atoms with Crippen LogP contribution in [0.2, 0.25) is 0 Å². The molecular formula is C21H20FN3O2. The Morgan fingerprint density at radius 3 is 2.74 bits per heavy atom. The second kappa shape index (κ2) is 7.23. The summed E-state index contributed by atoms with van der Waals surface area (Å²) in [6.07, 6.45) is 0. The van der Waals surface area contributed by atoms with Gasteiger partial charge in [0.25, 0.3) is 5.91 Å². The Balaban J connectivity index is 1.49. The molecule has 1 amide bonds. The fraction of sp³-hybridized carbons (Fsp3) is 0.238. The molecule has 6 heteroatoms. The van der Waals surface area contributed by atoms with Crippen LogP contribution in [0.1, 0.15) is 28.7 Å². The number of hydrogen-bond donors (Lipinski definition) is 0. The molecule has 0 spiro atoms. The quantitative estimate of drug-likeness (QED) is 0.693. The summed E-state index contributed by atoms with van der Waals surface area (Å²) in [4.78, 5) is 14.8. The van der Waals surface area contributed by atoms with Gasteiger partial charge in [-0.3, -0.25) is 9.48 Å². The smallest absolute Gasteiger partial charge is 0.272 e. The highest BCUT2D eigenvalue weighted by Crippen LogP contribution is 2.22. The molecule has 0 bridgehead atoms. The van der Waals surface area contributed by atoms with Crippen molar-refractivity contribution in [3.8, 4) is 5.75 Å². The molecular weight excluding hydrogens is 345 g/mol. The van der Waals surface area contributed by atoms with E-state index in [1.165, 1.54) is 12.1 Å². The molecule has 27 heavy (non-hydrogen) atoms. The third kappa shape index (κ3) is 3.69. The largest absolute Gasteiger partial charge is 0.487 e. The molecule has 0 aliphatic carbocycles. The number of rotatable bonds is 5. The first-order valence-electron chi connectivity index (χ1n) is 8.90. The second-order valence-corrected chi connectivity index (χ2v) is 6.72. The number of amides is 1. The lowest BCUT2D eigenvalue weighted by atomic mass is 10.1. The fourth-order valence-electron chi connectivity index (χ4n) is 3.27. The van der Waals surface area contributed by atoms with Crippen LogP contribution in [0, 0.1) is 5.82 Å². The van der Waals surface area contributed by atoms with Crippen molar-refractivity contribution in [2.75, 3.05) is 0 Å². The monoisotopic (exact) mass is 365 g/mol. The minimum Gasteiger partial charge on any atom is -0.487 e. The van der Waals surface area contributed by atoms with Crippen molar-refractivity contribution in [1.29, 1.82) is 0 Å². The van der Waals surface area contributed by atoms with E-state index in [1.807, 2.05) is 42.2 Å². The van der Waals surface area contributed by atoms with Crippen molar-refractivity contribution in [3.63, 3.8) is 0 Å². The first kappa shape index (κ1) is 17.3. The lowest BCUT2D eigenvalue weighted by molar-refractivity contribution is 0.0584. The van der Waals surface area contributed by atoms with Gasteiger partial charge < -0.3 is 9.64 Å². The van der Waals surface area contributed by atoms with Crippen molar-refractivity contribution in [2.45, 2.75) is 32.7 Å². The van der Waals surface area contributed by atoms with Gasteiger partial charge in [-0.1, -0.05) is 36.4 Å². The Bertz CT molecular complexity index is 955. The van der Waals surface area contributed by atoms with Gasteiger partial charge in [-0.15, -0.1) is 0 Å². The average molecular weight is 365 g/mol. The standard InChI is InChI=1S/C21H20FN3O2/c1-15-12-25-20(21(26)24(15)13-16-6-3-2-4-7-16)11-18(23-25)14-27-19-9-5-8-17(22)10-19/h2-11,15H,12-14H2,1H3/t15-/m1/s1. The Kier molecular flexibility index (Phi) is 4.62. The number of fused-ring (bicyclic) bond motifs is 1. The molecule has 1 atom stereocenters. The van der Waals surface area contributed by atoms with E-state index < -0.39 is 0 Å². The van der Waals surface area contributed by atoms with E-state index in [9.17, 15) is 9.18 Å². The van der Waals surface area contributed by atoms with E-state index in [0.29, 0.717) is 30.2 Å². The highest BCUT2D eigenvalue weighted by atomic mass is 19.1. The van der Waals surface area contributed by atoms with Gasteiger partial charge in [-0.05, 0) is 30.7 Å². The molecule has 1 aliphatic heterocycles. The number of carbonyl (C=O) groups is 1. The van der Waals surface area contributed by atoms with Crippen LogP contribution in [0.4, 0.5) is 4.39 Å². The van der Waals surface area contributed by atoms with Crippen LogP contribution in [0.25, 0.3) is 0 Å². The van der Waals surface area contributed by atoms with Gasteiger partial charge in [-0.25, -0.2) is 4.39 Å². The van der Waals surface area contributed by atoms with Crippen LogP contribution in [-0.4, -0.2) is 26.6 Å². The molecule has 4 rings (SSSR count). The van der Waals surface area contributed by atoms with E-state index in [2.05, 4.69) is 5.10 Å². The van der Waals surface area contributed by atoms with Gasteiger partial charge in [0.15, 0.2) is 0 Å². The SMILES string of the molecule is C[C@@H]1Cn2nc(COc3cccc(F)c3)cc2C(=O)N1Cc1ccccc1. The number of benzene rings is 2. The number of carbonyl (C=O) groups excluding carboxylic acids is 1. The predicted octanol–water partition coefficient (Wildman–Crippen LogP) is 3.65. The van der Waals surface area contributed by atoms with Gasteiger partial charge in [0.2, 0.25) is 0 Å². The zero-order valence-corrected chi connectivity index (χ0v) is 15.0. The molecule has 0 saturated carbocycles. The third-order valence-electron chi connectivity index (χ3n) is 4.66. The highest BCUT2D eigenvalue weighted by molar-refractivity contribution is 5.93. The molecule has 1 aromatic heterocycles. The Labute approximate surface area is 157 Å². The number of nitrogens with zero attached hydrogens (tertiary/aromatic N) is 3. The topological polar surface area (TPSA) is 47.4 Å². The van der Waals surface area contributed by atoms with Crippen LogP contribution in [0.3, 0.4) is 0 Å². The van der Waals surface area contributed by atoms with Gasteiger partial charge in [0.05, 0.1) is 6.54 Å². The average Bonchev–Trinajstić information content (AvgIpc) is 3.07. The molecule has 2 heterocycles. The molecule has 0 saturated heterocycles. The summed E-state index contributed by atoms with van der Waals surface area (Å²) in [7, 11) is 0. The van der Waals surface area contributed by atoms with Crippen molar-refractivity contribution in [2.24, 2.45) is 0 Å². The second-order valence-electron chi connectivity index (χ2n) is 6.72. The molecule has 3 aromatic rings. The molecule has 0 radical (unpaired) electrons. The molecule has 5 nitrogen and oxygen atoms in total. The third-order valence-corrected chi connectivity index (χ3v) is 4.66. The van der Waals surface area contributed by atoms with Crippen LogP contribution in [-0.2, 0) is 19.7 Å². The van der Waals surface area contributed by atoms with E-state index in [1.54, 1.807) is 22.9 Å². The number of halogens is 1. The van der Waals surface area contributed by atoms with Crippen molar-refractivity contribution in [3.05, 3.63) is 83.4 Å². The van der Waals surface area contributed by atoms with Gasteiger partial charge in [-0.2, -0.15) is 5.10 Å². The van der Waals surface area contributed by atoms with E-state index in [0.717, 1.165) is 5.56 Å². The maximum Gasteiger partial charge on any atom is 0.272 e. The Hall–Kier alpha value is -3.15. The van der Waals surface area contributed by atoms with E-state index in [-0.39, 0.29) is 24.4 Å². The summed E-state index contributed by atoms with van der Waals surface area (Å²) >= 11 is 0. The normalized spacial score (nSPS) is 16.3. The van der Waals surface area contributed by atoms with E-state index >= 15 is 0 Å². The molecule has 0 unspecified atom stereocenters. The maximum absolute atomic E-state index is 13.2. The lowest BCUT2D eigenvalue weighted by Crippen LogP contribution is -2.46. The molecule has 0 N–H and O–H groups in total. The summed E-state index contributed by atoms with van der Waals surface area (Å²) < 4.78 is 20.6. The van der Waals surface area contributed by atoms with Gasteiger partial charge in [0, 0.05) is 18.7 Å². The summed E-state index contributed by atoms with van der Waals surface area (Å²) in [5, 5.41) is 4.48. The van der Waals surface area contributed by atoms with Crippen LogP contribution < -0.4 is 4.74 Å². The maximum atomic E-state index is 13.2. The number of aromatic nitrogens is 2. The summed E-state index contributed by atoms with van der Waals surface area (Å²) in [6.45, 7) is 3.41. The minimum absolute atomic E-state index is 0.0397. The minimum atomic E-state index is -0.350. The summed E-state index contributed by atoms with van der Waals surface area (Å²) in [5.74, 6) is 0.0469. The van der Waals surface area contributed by atoms with Crippen LogP contribution in [0.5, 0.6) is 5.75 Å². The van der Waals surface area contributed by atoms with Crippen molar-refractivity contribution < 1.29 is 13.9 Å². The number of ether oxygens (including phenoxy) is 1. The van der Waals surface area contributed by atoms with Crippen molar-refractivity contribution >= 4 is 5.91 Å². The Morgan fingerprint density at radius 1 is 1.15 bits per heavy atom. The molecule has 0 fully saturated rings. The van der Waals surface area contributed by atoms with Gasteiger partial charge in [0.1, 0.15) is 29.6 Å². The van der Waals surface area contributed by atoms with Crippen LogP contribution >= 0.6 is 0 Å². The zero-order valence-electron chi connectivity index (χ0n) is 15.0. The molecule has 138 valence electrons. The molecule has 1 aliphatic rings. The van der Waals surface area contributed by atoms with Crippen LogP contribution in [0.15, 0.2) is 60.7 Å². The highest BCUT2D eigenvalue weighted by Gasteiger charge is 2.31. The molecule has 2 aromatic carbocycles. The first-order valence-corrected chi connectivity index (χ1v) is 8.90. The summed E-state index contributed by atoms with van der Waals surface area (Å²) in [6, 6.07) is 17.7. The Morgan fingerprint density at radius 2 is 1.96 bits per heavy atom. The zero-order chi connectivity index (χ0) is 18.8. The van der Waals surface area contributed by atoms with Crippen molar-refractivity contribution in [1.82, 2.24) is 14.7 Å².